The third-order valence-corrected chi connectivity index (χ3v) is 2.57. The first kappa shape index (κ1) is 12.5. The van der Waals surface area contributed by atoms with Crippen molar-refractivity contribution in [3.8, 4) is 0 Å². The largest absolute Gasteiger partial charge is 0.383 e. The Labute approximate surface area is 96.6 Å². The molecule has 0 fully saturated rings. The van der Waals surface area contributed by atoms with E-state index in [0.717, 1.165) is 0 Å². The Morgan fingerprint density at radius 1 is 1.33 bits per heavy atom. The van der Waals surface area contributed by atoms with E-state index in [0.29, 0.717) is 18.5 Å². The molecule has 0 aliphatic heterocycles. The maximum absolute atomic E-state index is 5.94. The molecule has 0 radical (unpaired) electrons. The molecule has 1 aromatic rings. The van der Waals surface area contributed by atoms with Gasteiger partial charge in [0.25, 0.3) is 0 Å². The SMILES string of the molecule is COCC(C)NC(CCl)c1ccccc1. The fourth-order valence-corrected chi connectivity index (χ4v) is 1.82. The van der Waals surface area contributed by atoms with Crippen molar-refractivity contribution < 1.29 is 4.74 Å². The number of benzene rings is 1. The number of hydrogen-bond acceptors (Lipinski definition) is 2. The highest BCUT2D eigenvalue weighted by Gasteiger charge is 2.12. The fourth-order valence-electron chi connectivity index (χ4n) is 1.56. The smallest absolute Gasteiger partial charge is 0.0613 e. The van der Waals surface area contributed by atoms with Crippen molar-refractivity contribution in [2.45, 2.75) is 19.0 Å². The molecule has 0 aliphatic carbocycles. The average Bonchev–Trinajstić information content (AvgIpc) is 2.27. The van der Waals surface area contributed by atoms with E-state index in [1.807, 2.05) is 18.2 Å². The van der Waals surface area contributed by atoms with Crippen molar-refractivity contribution >= 4 is 11.6 Å². The van der Waals surface area contributed by atoms with Crippen LogP contribution in [0.5, 0.6) is 0 Å². The van der Waals surface area contributed by atoms with Crippen LogP contribution in [0.1, 0.15) is 18.5 Å². The van der Waals surface area contributed by atoms with Crippen LogP contribution in [0, 0.1) is 0 Å². The Hall–Kier alpha value is -0.570. The molecule has 0 saturated heterocycles. The molecule has 0 saturated carbocycles. The minimum atomic E-state index is 0.193. The Morgan fingerprint density at radius 2 is 2.00 bits per heavy atom. The minimum Gasteiger partial charge on any atom is -0.383 e. The van der Waals surface area contributed by atoms with Crippen molar-refractivity contribution in [1.29, 1.82) is 0 Å². The van der Waals surface area contributed by atoms with E-state index in [1.54, 1.807) is 7.11 Å². The maximum Gasteiger partial charge on any atom is 0.0613 e. The van der Waals surface area contributed by atoms with Crippen molar-refractivity contribution in [3.05, 3.63) is 35.9 Å². The van der Waals surface area contributed by atoms with Crippen LogP contribution in [0.4, 0.5) is 0 Å². The Bertz CT molecular complexity index is 266. The zero-order chi connectivity index (χ0) is 11.1. The van der Waals surface area contributed by atoms with Crippen molar-refractivity contribution in [3.63, 3.8) is 0 Å². The van der Waals surface area contributed by atoms with Gasteiger partial charge in [-0.25, -0.2) is 0 Å². The molecule has 0 bridgehead atoms. The van der Waals surface area contributed by atoms with Crippen LogP contribution in [0.3, 0.4) is 0 Å². The summed E-state index contributed by atoms with van der Waals surface area (Å²) in [5.41, 5.74) is 1.22. The van der Waals surface area contributed by atoms with Crippen LogP contribution in [-0.4, -0.2) is 25.6 Å². The third-order valence-electron chi connectivity index (χ3n) is 2.26. The topological polar surface area (TPSA) is 21.3 Å². The van der Waals surface area contributed by atoms with Crippen LogP contribution in [0.25, 0.3) is 0 Å². The Balaban J connectivity index is 2.56. The first-order valence-corrected chi connectivity index (χ1v) is 5.67. The molecule has 2 nitrogen and oxygen atoms in total. The molecule has 0 spiro atoms. The van der Waals surface area contributed by atoms with E-state index in [1.165, 1.54) is 5.56 Å². The number of nitrogens with one attached hydrogen (secondary N) is 1. The number of alkyl halides is 1. The normalized spacial score (nSPS) is 14.9. The Kier molecular flexibility index (Phi) is 5.69. The molecule has 1 N–H and O–H groups in total. The number of hydrogen-bond donors (Lipinski definition) is 1. The molecule has 3 heteroatoms. The predicted octanol–water partition coefficient (Wildman–Crippen LogP) is 2.59. The molecular formula is C12H18ClNO. The number of ether oxygens (including phenoxy) is 1. The lowest BCUT2D eigenvalue weighted by Crippen LogP contribution is -2.34. The summed E-state index contributed by atoms with van der Waals surface area (Å²) in [6, 6.07) is 10.7. The number of rotatable bonds is 6. The number of methoxy groups -OCH3 is 1. The highest BCUT2D eigenvalue weighted by atomic mass is 35.5. The van der Waals surface area contributed by atoms with Gasteiger partial charge >= 0.3 is 0 Å². The van der Waals surface area contributed by atoms with E-state index in [4.69, 9.17) is 16.3 Å². The quantitative estimate of drug-likeness (QED) is 0.755. The molecule has 0 amide bonds. The molecule has 2 unspecified atom stereocenters. The van der Waals surface area contributed by atoms with Crippen LogP contribution >= 0.6 is 11.6 Å². The van der Waals surface area contributed by atoms with Gasteiger partial charge < -0.3 is 10.1 Å². The van der Waals surface area contributed by atoms with E-state index < -0.39 is 0 Å². The maximum atomic E-state index is 5.94. The molecular weight excluding hydrogens is 210 g/mol. The van der Waals surface area contributed by atoms with Crippen LogP contribution in [0.15, 0.2) is 30.3 Å². The molecule has 1 aromatic carbocycles. The second-order valence-corrected chi connectivity index (χ2v) is 3.95. The molecule has 2 atom stereocenters. The lowest BCUT2D eigenvalue weighted by molar-refractivity contribution is 0.168. The number of halogens is 1. The van der Waals surface area contributed by atoms with Crippen LogP contribution < -0.4 is 5.32 Å². The lowest BCUT2D eigenvalue weighted by atomic mass is 10.1. The second kappa shape index (κ2) is 6.83. The summed E-state index contributed by atoms with van der Waals surface area (Å²) in [5, 5.41) is 3.43. The van der Waals surface area contributed by atoms with Crippen molar-refractivity contribution in [2.75, 3.05) is 19.6 Å². The minimum absolute atomic E-state index is 0.193. The predicted molar refractivity (Wildman–Crippen MR) is 64.4 cm³/mol. The first-order valence-electron chi connectivity index (χ1n) is 5.13. The van der Waals surface area contributed by atoms with Crippen molar-refractivity contribution in [2.24, 2.45) is 0 Å². The molecule has 0 heterocycles. The van der Waals surface area contributed by atoms with Gasteiger partial charge in [0.15, 0.2) is 0 Å². The first-order chi connectivity index (χ1) is 7.27. The fraction of sp³-hybridized carbons (Fsp3) is 0.500. The van der Waals surface area contributed by atoms with Gasteiger partial charge in [0.2, 0.25) is 0 Å². The summed E-state index contributed by atoms with van der Waals surface area (Å²) in [5.74, 6) is 0.568. The van der Waals surface area contributed by atoms with Gasteiger partial charge in [0.05, 0.1) is 6.61 Å². The van der Waals surface area contributed by atoms with Gasteiger partial charge in [0.1, 0.15) is 0 Å². The van der Waals surface area contributed by atoms with Gasteiger partial charge in [-0.05, 0) is 12.5 Å². The lowest BCUT2D eigenvalue weighted by Gasteiger charge is -2.21. The highest BCUT2D eigenvalue weighted by molar-refractivity contribution is 6.18. The Morgan fingerprint density at radius 3 is 2.53 bits per heavy atom. The summed E-state index contributed by atoms with van der Waals surface area (Å²) >= 11 is 5.94. The molecule has 84 valence electrons. The summed E-state index contributed by atoms with van der Waals surface area (Å²) < 4.78 is 5.08. The summed E-state index contributed by atoms with van der Waals surface area (Å²) in [4.78, 5) is 0. The van der Waals surface area contributed by atoms with Gasteiger partial charge in [-0.1, -0.05) is 30.3 Å². The zero-order valence-corrected chi connectivity index (χ0v) is 10.00. The van der Waals surface area contributed by atoms with Gasteiger partial charge in [-0.2, -0.15) is 0 Å². The summed E-state index contributed by atoms with van der Waals surface area (Å²) in [6.07, 6.45) is 0. The van der Waals surface area contributed by atoms with Crippen LogP contribution in [-0.2, 0) is 4.74 Å². The van der Waals surface area contributed by atoms with Crippen LogP contribution in [0.2, 0.25) is 0 Å². The van der Waals surface area contributed by atoms with Gasteiger partial charge in [-0.3, -0.25) is 0 Å². The zero-order valence-electron chi connectivity index (χ0n) is 9.24. The van der Waals surface area contributed by atoms with E-state index in [2.05, 4.69) is 24.4 Å². The van der Waals surface area contributed by atoms with Gasteiger partial charge in [0, 0.05) is 25.1 Å². The molecule has 0 aliphatic rings. The van der Waals surface area contributed by atoms with E-state index >= 15 is 0 Å². The third kappa shape index (κ3) is 4.20. The molecule has 0 aromatic heterocycles. The summed E-state index contributed by atoms with van der Waals surface area (Å²) in [6.45, 7) is 2.78. The molecule has 1 rings (SSSR count). The molecule has 15 heavy (non-hydrogen) atoms. The standard InChI is InChI=1S/C12H18ClNO/c1-10(9-15-2)14-12(8-13)11-6-4-3-5-7-11/h3-7,10,12,14H,8-9H2,1-2H3. The second-order valence-electron chi connectivity index (χ2n) is 3.64. The monoisotopic (exact) mass is 227 g/mol. The average molecular weight is 228 g/mol. The van der Waals surface area contributed by atoms with Gasteiger partial charge in [-0.15, -0.1) is 11.6 Å². The van der Waals surface area contributed by atoms with E-state index in [-0.39, 0.29) is 6.04 Å². The van der Waals surface area contributed by atoms with Crippen molar-refractivity contribution in [1.82, 2.24) is 5.32 Å². The summed E-state index contributed by atoms with van der Waals surface area (Å²) in [7, 11) is 1.70. The van der Waals surface area contributed by atoms with E-state index in [9.17, 15) is 0 Å². The highest BCUT2D eigenvalue weighted by Crippen LogP contribution is 2.14.